The number of aryl methyl sites for hydroxylation is 1. The first-order valence-electron chi connectivity index (χ1n) is 6.52. The van der Waals surface area contributed by atoms with Crippen LogP contribution in [0, 0.1) is 6.92 Å². The molecule has 0 aliphatic carbocycles. The average Bonchev–Trinajstić information content (AvgIpc) is 2.93. The fraction of sp³-hybridized carbons (Fsp3) is 0.125. The second-order valence-corrected chi connectivity index (χ2v) is 5.53. The lowest BCUT2D eigenvalue weighted by atomic mass is 10.2. The van der Waals surface area contributed by atoms with Gasteiger partial charge in [-0.2, -0.15) is 0 Å². The molecule has 1 aromatic heterocycles. The van der Waals surface area contributed by atoms with Crippen LogP contribution in [0.1, 0.15) is 5.56 Å². The first kappa shape index (κ1) is 12.8. The second kappa shape index (κ2) is 5.43. The van der Waals surface area contributed by atoms with Crippen molar-refractivity contribution in [2.24, 2.45) is 0 Å². The van der Waals surface area contributed by atoms with Gasteiger partial charge in [-0.15, -0.1) is 0 Å². The van der Waals surface area contributed by atoms with Crippen LogP contribution < -0.4 is 9.39 Å². The van der Waals surface area contributed by atoms with Crippen molar-refractivity contribution < 1.29 is 4.07 Å². The van der Waals surface area contributed by atoms with Crippen molar-refractivity contribution in [1.82, 2.24) is 5.10 Å². The summed E-state index contributed by atoms with van der Waals surface area (Å²) in [6.07, 6.45) is 0. The average molecular weight is 282 g/mol. The van der Waals surface area contributed by atoms with Gasteiger partial charge in [-0.1, -0.05) is 48.0 Å². The van der Waals surface area contributed by atoms with E-state index < -0.39 is 0 Å². The van der Waals surface area contributed by atoms with Gasteiger partial charge in [-0.3, -0.25) is 0 Å². The lowest BCUT2D eigenvalue weighted by Gasteiger charge is -1.95. The minimum Gasteiger partial charge on any atom is -0.373 e. The van der Waals surface area contributed by atoms with Gasteiger partial charge in [0.25, 0.3) is 5.69 Å². The predicted molar refractivity (Wildman–Crippen MR) is 83.4 cm³/mol. The number of hydrogen-bond acceptors (Lipinski definition) is 3. The molecule has 3 aromatic rings. The van der Waals surface area contributed by atoms with E-state index in [4.69, 9.17) is 5.10 Å². The maximum absolute atomic E-state index is 4.72. The Bertz CT molecular complexity index is 702. The van der Waals surface area contributed by atoms with Crippen LogP contribution in [0.5, 0.6) is 0 Å². The largest absolute Gasteiger partial charge is 0.373 e. The molecule has 0 aliphatic heterocycles. The molecule has 0 amide bonds. The highest BCUT2D eigenvalue weighted by molar-refractivity contribution is 7.07. The molecular formula is C16H16N3S+. The Balaban J connectivity index is 2.07. The minimum atomic E-state index is 0.985. The monoisotopic (exact) mass is 282 g/mol. The van der Waals surface area contributed by atoms with Crippen LogP contribution in [0.25, 0.3) is 16.9 Å². The number of hydrogen-bond donors (Lipinski definition) is 1. The Kier molecular flexibility index (Phi) is 3.48. The third-order valence-corrected chi connectivity index (χ3v) is 4.16. The molecule has 0 bridgehead atoms. The van der Waals surface area contributed by atoms with Crippen LogP contribution in [0.2, 0.25) is 0 Å². The molecular weight excluding hydrogens is 266 g/mol. The fourth-order valence-electron chi connectivity index (χ4n) is 2.02. The molecule has 1 N–H and O–H groups in total. The molecule has 0 unspecified atom stereocenters. The van der Waals surface area contributed by atoms with Crippen molar-refractivity contribution in [3.8, 4) is 16.9 Å². The van der Waals surface area contributed by atoms with Crippen molar-refractivity contribution in [2.45, 2.75) is 6.92 Å². The highest BCUT2D eigenvalue weighted by Crippen LogP contribution is 2.27. The summed E-state index contributed by atoms with van der Waals surface area (Å²) >= 11 is 1.61. The zero-order valence-electron chi connectivity index (χ0n) is 11.5. The molecule has 0 radical (unpaired) electrons. The molecule has 1 heterocycles. The number of rotatable bonds is 3. The normalized spacial score (nSPS) is 10.5. The van der Waals surface area contributed by atoms with Gasteiger partial charge < -0.3 is 5.32 Å². The molecule has 2 aromatic carbocycles. The molecule has 20 heavy (non-hydrogen) atoms. The molecule has 0 fully saturated rings. The zero-order chi connectivity index (χ0) is 13.9. The SMILES string of the molecule is CNc1s[n+](-c2ccc(C)cc2)nc1-c1ccccc1. The van der Waals surface area contributed by atoms with E-state index in [9.17, 15) is 0 Å². The Labute approximate surface area is 122 Å². The van der Waals surface area contributed by atoms with Gasteiger partial charge in [0.2, 0.25) is 0 Å². The predicted octanol–water partition coefficient (Wildman–Crippen LogP) is 3.44. The second-order valence-electron chi connectivity index (χ2n) is 4.59. The molecule has 0 atom stereocenters. The first-order chi connectivity index (χ1) is 9.78. The highest BCUT2D eigenvalue weighted by atomic mass is 32.1. The fourth-order valence-corrected chi connectivity index (χ4v) is 2.88. The summed E-state index contributed by atoms with van der Waals surface area (Å²) in [5.41, 5.74) is 4.44. The van der Waals surface area contributed by atoms with Crippen LogP contribution in [0.4, 0.5) is 5.00 Å². The summed E-state index contributed by atoms with van der Waals surface area (Å²) in [6.45, 7) is 2.09. The zero-order valence-corrected chi connectivity index (χ0v) is 12.3. The summed E-state index contributed by atoms with van der Waals surface area (Å²) in [5.74, 6) is 0. The van der Waals surface area contributed by atoms with Crippen LogP contribution >= 0.6 is 11.5 Å². The van der Waals surface area contributed by atoms with Crippen LogP contribution in [0.3, 0.4) is 0 Å². The molecule has 4 heteroatoms. The molecule has 3 rings (SSSR count). The van der Waals surface area contributed by atoms with Gasteiger partial charge >= 0.3 is 0 Å². The standard InChI is InChI=1S/C16H15N3S/c1-12-8-10-14(11-9-12)19-18-15(16(17-2)20-19)13-6-4-3-5-7-13/h3-11H,1-2H3/p+1. The van der Waals surface area contributed by atoms with Crippen LogP contribution in [-0.4, -0.2) is 12.1 Å². The van der Waals surface area contributed by atoms with Crippen molar-refractivity contribution in [2.75, 3.05) is 12.4 Å². The van der Waals surface area contributed by atoms with Crippen molar-refractivity contribution in [3.05, 3.63) is 60.2 Å². The molecule has 100 valence electrons. The molecule has 0 saturated carbocycles. The molecule has 0 aliphatic rings. The Morgan fingerprint density at radius 3 is 2.35 bits per heavy atom. The maximum atomic E-state index is 4.72. The van der Waals surface area contributed by atoms with Crippen LogP contribution in [-0.2, 0) is 0 Å². The number of benzene rings is 2. The molecule has 0 saturated heterocycles. The summed E-state index contributed by atoms with van der Waals surface area (Å²) in [6, 6.07) is 18.6. The van der Waals surface area contributed by atoms with Crippen LogP contribution in [0.15, 0.2) is 54.6 Å². The molecule has 0 spiro atoms. The van der Waals surface area contributed by atoms with E-state index in [2.05, 4.69) is 48.6 Å². The van der Waals surface area contributed by atoms with Gasteiger partial charge in [-0.25, -0.2) is 0 Å². The van der Waals surface area contributed by atoms with Gasteiger partial charge in [0, 0.05) is 33.9 Å². The smallest absolute Gasteiger partial charge is 0.253 e. The maximum Gasteiger partial charge on any atom is 0.253 e. The van der Waals surface area contributed by atoms with E-state index in [0.29, 0.717) is 0 Å². The summed E-state index contributed by atoms with van der Waals surface area (Å²) in [5, 5.41) is 9.02. The number of nitrogens with one attached hydrogen (secondary N) is 1. The van der Waals surface area contributed by atoms with E-state index in [1.54, 1.807) is 11.5 Å². The Hall–Kier alpha value is -2.20. The Morgan fingerprint density at radius 1 is 1.00 bits per heavy atom. The van der Waals surface area contributed by atoms with E-state index in [0.717, 1.165) is 21.9 Å². The highest BCUT2D eigenvalue weighted by Gasteiger charge is 2.21. The minimum absolute atomic E-state index is 0.985. The third kappa shape index (κ3) is 2.42. The summed E-state index contributed by atoms with van der Waals surface area (Å²) in [4.78, 5) is 0. The van der Waals surface area contributed by atoms with Gasteiger partial charge in [0.1, 0.15) is 0 Å². The van der Waals surface area contributed by atoms with Crippen molar-refractivity contribution in [1.29, 1.82) is 0 Å². The number of nitrogens with zero attached hydrogens (tertiary/aromatic N) is 2. The topological polar surface area (TPSA) is 28.8 Å². The number of anilines is 1. The summed E-state index contributed by atoms with van der Waals surface area (Å²) in [7, 11) is 1.93. The van der Waals surface area contributed by atoms with Crippen molar-refractivity contribution >= 4 is 16.5 Å². The Morgan fingerprint density at radius 2 is 1.70 bits per heavy atom. The number of aromatic nitrogens is 2. The summed E-state index contributed by atoms with van der Waals surface area (Å²) < 4.78 is 1.95. The molecule has 3 nitrogen and oxygen atoms in total. The quantitative estimate of drug-likeness (QED) is 0.746. The third-order valence-electron chi connectivity index (χ3n) is 3.11. The lowest BCUT2D eigenvalue weighted by molar-refractivity contribution is -0.587. The van der Waals surface area contributed by atoms with Crippen molar-refractivity contribution in [3.63, 3.8) is 0 Å². The van der Waals surface area contributed by atoms with Gasteiger partial charge in [0.15, 0.2) is 22.2 Å². The van der Waals surface area contributed by atoms with E-state index in [1.807, 2.05) is 29.3 Å². The lowest BCUT2D eigenvalue weighted by Crippen LogP contribution is -2.28. The van der Waals surface area contributed by atoms with E-state index in [-0.39, 0.29) is 0 Å². The first-order valence-corrected chi connectivity index (χ1v) is 7.29. The van der Waals surface area contributed by atoms with Gasteiger partial charge in [0.05, 0.1) is 0 Å². The van der Waals surface area contributed by atoms with E-state index >= 15 is 0 Å². The van der Waals surface area contributed by atoms with E-state index in [1.165, 1.54) is 5.56 Å². The van der Waals surface area contributed by atoms with Gasteiger partial charge in [-0.05, 0) is 6.92 Å².